The summed E-state index contributed by atoms with van der Waals surface area (Å²) in [6.07, 6.45) is 0. The van der Waals surface area contributed by atoms with Crippen LogP contribution in [0.1, 0.15) is 22.3 Å². The normalized spacial score (nSPS) is 10.6. The van der Waals surface area contributed by atoms with E-state index in [0.717, 1.165) is 23.4 Å². The van der Waals surface area contributed by atoms with Crippen LogP contribution in [0.25, 0.3) is 0 Å². The topological polar surface area (TPSA) is 41.5 Å². The number of hydrogen-bond acceptors (Lipinski definition) is 3. The Morgan fingerprint density at radius 3 is 2.30 bits per heavy atom. The van der Waals surface area contributed by atoms with Crippen LogP contribution in [0.15, 0.2) is 36.4 Å². The lowest BCUT2D eigenvalue weighted by Crippen LogP contribution is -2.01. The Hall–Kier alpha value is -2.00. The first-order chi connectivity index (χ1) is 9.61. The van der Waals surface area contributed by atoms with Crippen LogP contribution in [0, 0.1) is 13.8 Å². The molecule has 0 unspecified atom stereocenters. The van der Waals surface area contributed by atoms with Crippen molar-refractivity contribution in [1.29, 1.82) is 0 Å². The van der Waals surface area contributed by atoms with Crippen LogP contribution in [0.2, 0.25) is 0 Å². The van der Waals surface area contributed by atoms with Gasteiger partial charge in [0.25, 0.3) is 0 Å². The predicted molar refractivity (Wildman–Crippen MR) is 82.1 cm³/mol. The van der Waals surface area contributed by atoms with Crippen LogP contribution in [-0.2, 0) is 17.9 Å². The molecule has 0 radical (unpaired) electrons. The van der Waals surface area contributed by atoms with Crippen LogP contribution in [-0.4, -0.2) is 12.2 Å². The molecular weight excluding hydrogens is 250 g/mol. The van der Waals surface area contributed by atoms with E-state index in [2.05, 4.69) is 29.6 Å². The fourth-order valence-corrected chi connectivity index (χ4v) is 2.14. The van der Waals surface area contributed by atoms with Crippen LogP contribution in [0.3, 0.4) is 0 Å². The van der Waals surface area contributed by atoms with E-state index in [-0.39, 0.29) is 0 Å². The van der Waals surface area contributed by atoms with Crippen LogP contribution in [0.4, 0.5) is 5.69 Å². The summed E-state index contributed by atoms with van der Waals surface area (Å²) in [5.41, 5.74) is 5.12. The summed E-state index contributed by atoms with van der Waals surface area (Å²) in [7, 11) is 1.70. The molecule has 0 aliphatic carbocycles. The molecule has 0 fully saturated rings. The fourth-order valence-electron chi connectivity index (χ4n) is 2.14. The molecule has 2 aromatic rings. The van der Waals surface area contributed by atoms with Crippen molar-refractivity contribution in [2.75, 3.05) is 12.4 Å². The van der Waals surface area contributed by atoms with Gasteiger partial charge in [-0.1, -0.05) is 30.3 Å². The van der Waals surface area contributed by atoms with Crippen LogP contribution >= 0.6 is 0 Å². The van der Waals surface area contributed by atoms with E-state index in [1.165, 1.54) is 11.1 Å². The Balaban J connectivity index is 2.03. The summed E-state index contributed by atoms with van der Waals surface area (Å²) in [6, 6.07) is 12.2. The van der Waals surface area contributed by atoms with Gasteiger partial charge in [-0.05, 0) is 36.6 Å². The molecule has 0 saturated carbocycles. The third-order valence-electron chi connectivity index (χ3n) is 3.45. The van der Waals surface area contributed by atoms with Gasteiger partial charge in [-0.15, -0.1) is 0 Å². The number of anilines is 1. The van der Waals surface area contributed by atoms with Gasteiger partial charge in [0.15, 0.2) is 0 Å². The second-order valence-electron chi connectivity index (χ2n) is 5.01. The lowest BCUT2D eigenvalue weighted by atomic mass is 10.1. The largest absolute Gasteiger partial charge is 0.507 e. The zero-order valence-corrected chi connectivity index (χ0v) is 12.2. The van der Waals surface area contributed by atoms with Crippen molar-refractivity contribution in [3.63, 3.8) is 0 Å². The van der Waals surface area contributed by atoms with E-state index in [4.69, 9.17) is 4.74 Å². The predicted octanol–water partition coefficient (Wildman–Crippen LogP) is 3.77. The van der Waals surface area contributed by atoms with Crippen molar-refractivity contribution >= 4 is 5.69 Å². The quantitative estimate of drug-likeness (QED) is 0.870. The molecule has 2 rings (SSSR count). The molecule has 2 aromatic carbocycles. The summed E-state index contributed by atoms with van der Waals surface area (Å²) in [6.45, 7) is 5.20. The van der Waals surface area contributed by atoms with Crippen LogP contribution < -0.4 is 5.32 Å². The number of aryl methyl sites for hydroxylation is 1. The van der Waals surface area contributed by atoms with E-state index < -0.39 is 0 Å². The summed E-state index contributed by atoms with van der Waals surface area (Å²) < 4.78 is 5.09. The number of methoxy groups -OCH3 is 1. The maximum absolute atomic E-state index is 9.93. The van der Waals surface area contributed by atoms with Crippen LogP contribution in [0.5, 0.6) is 5.75 Å². The van der Waals surface area contributed by atoms with Gasteiger partial charge in [-0.2, -0.15) is 0 Å². The SMILES string of the molecule is COCc1ccc(CNc2ccc(C)c(O)c2C)cc1. The average Bonchev–Trinajstić information content (AvgIpc) is 2.46. The molecule has 0 bridgehead atoms. The van der Waals surface area contributed by atoms with Gasteiger partial charge in [0.1, 0.15) is 5.75 Å². The van der Waals surface area contributed by atoms with Gasteiger partial charge in [0.2, 0.25) is 0 Å². The molecule has 3 nitrogen and oxygen atoms in total. The molecule has 106 valence electrons. The number of ether oxygens (including phenoxy) is 1. The molecular formula is C17H21NO2. The minimum atomic E-state index is 0.366. The molecule has 3 heteroatoms. The standard InChI is InChI=1S/C17H21NO2/c1-12-4-9-16(13(2)17(12)19)18-10-14-5-7-15(8-6-14)11-20-3/h4-9,18-19H,10-11H2,1-3H3. The zero-order chi connectivity index (χ0) is 14.5. The minimum absolute atomic E-state index is 0.366. The lowest BCUT2D eigenvalue weighted by Gasteiger charge is -2.12. The number of phenols is 1. The molecule has 0 aliphatic heterocycles. The van der Waals surface area contributed by atoms with Gasteiger partial charge >= 0.3 is 0 Å². The van der Waals surface area contributed by atoms with Gasteiger partial charge < -0.3 is 15.2 Å². The Morgan fingerprint density at radius 1 is 1.00 bits per heavy atom. The number of benzene rings is 2. The van der Waals surface area contributed by atoms with Crippen molar-refractivity contribution in [1.82, 2.24) is 0 Å². The summed E-state index contributed by atoms with van der Waals surface area (Å²) in [4.78, 5) is 0. The van der Waals surface area contributed by atoms with Gasteiger partial charge in [-0.3, -0.25) is 0 Å². The Labute approximate surface area is 120 Å². The number of rotatable bonds is 5. The van der Waals surface area contributed by atoms with E-state index in [1.807, 2.05) is 26.0 Å². The van der Waals surface area contributed by atoms with Crippen molar-refractivity contribution in [3.8, 4) is 5.75 Å². The zero-order valence-electron chi connectivity index (χ0n) is 12.2. The molecule has 0 saturated heterocycles. The van der Waals surface area contributed by atoms with E-state index in [9.17, 15) is 5.11 Å². The second kappa shape index (κ2) is 6.44. The fraction of sp³-hybridized carbons (Fsp3) is 0.294. The Kier molecular flexibility index (Phi) is 4.64. The summed E-state index contributed by atoms with van der Waals surface area (Å²) in [5, 5.41) is 13.3. The van der Waals surface area contributed by atoms with E-state index >= 15 is 0 Å². The third-order valence-corrected chi connectivity index (χ3v) is 3.45. The molecule has 20 heavy (non-hydrogen) atoms. The first kappa shape index (κ1) is 14.4. The number of phenolic OH excluding ortho intramolecular Hbond substituents is 1. The van der Waals surface area contributed by atoms with Gasteiger partial charge in [0.05, 0.1) is 6.61 Å². The monoisotopic (exact) mass is 271 g/mol. The highest BCUT2D eigenvalue weighted by molar-refractivity contribution is 5.59. The first-order valence-electron chi connectivity index (χ1n) is 6.71. The van der Waals surface area contributed by atoms with Crippen molar-refractivity contribution < 1.29 is 9.84 Å². The maximum Gasteiger partial charge on any atom is 0.123 e. The van der Waals surface area contributed by atoms with Crippen molar-refractivity contribution in [3.05, 3.63) is 58.7 Å². The highest BCUT2D eigenvalue weighted by Crippen LogP contribution is 2.28. The number of aromatic hydroxyl groups is 1. The lowest BCUT2D eigenvalue weighted by molar-refractivity contribution is 0.185. The third kappa shape index (κ3) is 3.31. The molecule has 0 atom stereocenters. The Morgan fingerprint density at radius 2 is 1.65 bits per heavy atom. The molecule has 0 spiro atoms. The smallest absolute Gasteiger partial charge is 0.123 e. The van der Waals surface area contributed by atoms with Gasteiger partial charge in [0, 0.05) is 24.9 Å². The van der Waals surface area contributed by atoms with Crippen molar-refractivity contribution in [2.24, 2.45) is 0 Å². The maximum atomic E-state index is 9.93. The van der Waals surface area contributed by atoms with E-state index in [0.29, 0.717) is 12.4 Å². The average molecular weight is 271 g/mol. The molecule has 0 amide bonds. The summed E-state index contributed by atoms with van der Waals surface area (Å²) >= 11 is 0. The summed E-state index contributed by atoms with van der Waals surface area (Å²) in [5.74, 6) is 0.366. The highest BCUT2D eigenvalue weighted by atomic mass is 16.5. The highest BCUT2D eigenvalue weighted by Gasteiger charge is 2.05. The van der Waals surface area contributed by atoms with E-state index in [1.54, 1.807) is 7.11 Å². The van der Waals surface area contributed by atoms with Gasteiger partial charge in [-0.25, -0.2) is 0 Å². The number of hydrogen-bond donors (Lipinski definition) is 2. The minimum Gasteiger partial charge on any atom is -0.507 e. The molecule has 2 N–H and O–H groups in total. The second-order valence-corrected chi connectivity index (χ2v) is 5.01. The number of nitrogens with one attached hydrogen (secondary N) is 1. The molecule has 0 aromatic heterocycles. The first-order valence-corrected chi connectivity index (χ1v) is 6.71. The van der Waals surface area contributed by atoms with Crippen molar-refractivity contribution in [2.45, 2.75) is 27.0 Å². The Bertz CT molecular complexity index is 576. The molecule has 0 heterocycles. The molecule has 0 aliphatic rings.